The molecule has 1 aromatic rings. The molecule has 2 rings (SSSR count). The fourth-order valence-corrected chi connectivity index (χ4v) is 3.95. The zero-order valence-electron chi connectivity index (χ0n) is 14.6. The molecular formula is C18H30IN3OS. The molecular weight excluding hydrogens is 433 g/mol. The van der Waals surface area contributed by atoms with Gasteiger partial charge in [-0.15, -0.1) is 24.0 Å². The molecule has 0 saturated carbocycles. The molecule has 1 aromatic carbocycles. The minimum absolute atomic E-state index is 0. The lowest BCUT2D eigenvalue weighted by atomic mass is 10.1. The van der Waals surface area contributed by atoms with E-state index in [1.165, 1.54) is 18.6 Å². The number of halogens is 1. The maximum Gasteiger partial charge on any atom is 0.191 e. The third-order valence-corrected chi connectivity index (χ3v) is 5.56. The summed E-state index contributed by atoms with van der Waals surface area (Å²) >= 11 is 2.02. The van der Waals surface area contributed by atoms with Crippen molar-refractivity contribution in [3.8, 4) is 0 Å². The zero-order valence-corrected chi connectivity index (χ0v) is 17.8. The van der Waals surface area contributed by atoms with E-state index in [4.69, 9.17) is 4.99 Å². The van der Waals surface area contributed by atoms with E-state index in [2.05, 4.69) is 24.5 Å². The first-order valence-corrected chi connectivity index (χ1v) is 9.48. The first-order valence-electron chi connectivity index (χ1n) is 8.49. The van der Waals surface area contributed by atoms with E-state index >= 15 is 0 Å². The van der Waals surface area contributed by atoms with Gasteiger partial charge in [0.1, 0.15) is 0 Å². The van der Waals surface area contributed by atoms with Crippen molar-refractivity contribution in [2.24, 2.45) is 4.99 Å². The fourth-order valence-electron chi connectivity index (χ4n) is 2.72. The van der Waals surface area contributed by atoms with Gasteiger partial charge in [0.05, 0.1) is 12.6 Å². The van der Waals surface area contributed by atoms with Gasteiger partial charge in [-0.2, -0.15) is 11.8 Å². The van der Waals surface area contributed by atoms with Crippen molar-refractivity contribution in [1.29, 1.82) is 0 Å². The summed E-state index contributed by atoms with van der Waals surface area (Å²) in [6, 6.07) is 10.1. The van der Waals surface area contributed by atoms with Crippen LogP contribution >= 0.6 is 35.7 Å². The van der Waals surface area contributed by atoms with Crippen LogP contribution in [0.3, 0.4) is 0 Å². The van der Waals surface area contributed by atoms with Gasteiger partial charge >= 0.3 is 0 Å². The summed E-state index contributed by atoms with van der Waals surface area (Å²) in [5.41, 5.74) is 1.15. The number of nitrogens with zero attached hydrogens (tertiary/aromatic N) is 1. The van der Waals surface area contributed by atoms with Crippen LogP contribution in [0.4, 0.5) is 0 Å². The van der Waals surface area contributed by atoms with Crippen LogP contribution in [0.1, 0.15) is 32.3 Å². The van der Waals surface area contributed by atoms with E-state index < -0.39 is 6.10 Å². The number of thioether (sulfide) groups is 1. The number of hydrogen-bond donors (Lipinski definition) is 3. The SMILES string of the molecule is CCNC(=NCC1(C)CCCS1)NCC(O)Cc1ccccc1.I. The highest BCUT2D eigenvalue weighted by molar-refractivity contribution is 14.0. The second-order valence-electron chi connectivity index (χ2n) is 6.32. The van der Waals surface area contributed by atoms with E-state index in [1.807, 2.05) is 42.1 Å². The number of guanidine groups is 1. The summed E-state index contributed by atoms with van der Waals surface area (Å²) in [7, 11) is 0. The summed E-state index contributed by atoms with van der Waals surface area (Å²) in [5, 5.41) is 16.7. The average molecular weight is 463 g/mol. The predicted octanol–water partition coefficient (Wildman–Crippen LogP) is 3.05. The topological polar surface area (TPSA) is 56.7 Å². The highest BCUT2D eigenvalue weighted by atomic mass is 127. The zero-order chi connectivity index (χ0) is 16.5. The van der Waals surface area contributed by atoms with Gasteiger partial charge in [-0.3, -0.25) is 4.99 Å². The second kappa shape index (κ2) is 11.2. The molecule has 1 aliphatic heterocycles. The van der Waals surface area contributed by atoms with Crippen LogP contribution in [0.25, 0.3) is 0 Å². The number of aliphatic hydroxyl groups excluding tert-OH is 1. The van der Waals surface area contributed by atoms with Gasteiger partial charge in [-0.25, -0.2) is 0 Å². The smallest absolute Gasteiger partial charge is 0.191 e. The van der Waals surface area contributed by atoms with Gasteiger partial charge in [0.15, 0.2) is 5.96 Å². The van der Waals surface area contributed by atoms with Crippen LogP contribution in [0.15, 0.2) is 35.3 Å². The van der Waals surface area contributed by atoms with Crippen LogP contribution in [0.5, 0.6) is 0 Å². The molecule has 0 amide bonds. The molecule has 24 heavy (non-hydrogen) atoms. The normalized spacial score (nSPS) is 21.9. The fraction of sp³-hybridized carbons (Fsp3) is 0.611. The molecule has 0 radical (unpaired) electrons. The lowest BCUT2D eigenvalue weighted by Crippen LogP contribution is -2.42. The Morgan fingerprint density at radius 3 is 2.71 bits per heavy atom. The molecule has 3 N–H and O–H groups in total. The molecule has 0 aromatic heterocycles. The molecule has 0 aliphatic carbocycles. The van der Waals surface area contributed by atoms with Gasteiger partial charge in [-0.05, 0) is 38.0 Å². The maximum atomic E-state index is 10.2. The van der Waals surface area contributed by atoms with Crippen molar-refractivity contribution < 1.29 is 5.11 Å². The molecule has 0 spiro atoms. The summed E-state index contributed by atoms with van der Waals surface area (Å²) in [4.78, 5) is 4.71. The van der Waals surface area contributed by atoms with Crippen molar-refractivity contribution in [3.05, 3.63) is 35.9 Å². The van der Waals surface area contributed by atoms with Gasteiger partial charge in [0, 0.05) is 24.3 Å². The molecule has 1 fully saturated rings. The Bertz CT molecular complexity index is 492. The molecule has 4 nitrogen and oxygen atoms in total. The Hall–Kier alpha value is -0.470. The van der Waals surface area contributed by atoms with E-state index in [9.17, 15) is 5.11 Å². The number of aliphatic hydroxyl groups is 1. The van der Waals surface area contributed by atoms with Crippen LogP contribution in [0, 0.1) is 0 Å². The quantitative estimate of drug-likeness (QED) is 0.331. The number of nitrogens with one attached hydrogen (secondary N) is 2. The molecule has 2 atom stereocenters. The highest BCUT2D eigenvalue weighted by Gasteiger charge is 2.29. The van der Waals surface area contributed by atoms with Gasteiger partial charge < -0.3 is 15.7 Å². The van der Waals surface area contributed by atoms with Crippen molar-refractivity contribution in [1.82, 2.24) is 10.6 Å². The van der Waals surface area contributed by atoms with Crippen molar-refractivity contribution in [2.75, 3.05) is 25.4 Å². The maximum absolute atomic E-state index is 10.2. The second-order valence-corrected chi connectivity index (χ2v) is 8.00. The van der Waals surface area contributed by atoms with Crippen molar-refractivity contribution >= 4 is 41.7 Å². The summed E-state index contributed by atoms with van der Waals surface area (Å²) in [6.45, 7) is 6.50. The number of hydrogen-bond acceptors (Lipinski definition) is 3. The van der Waals surface area contributed by atoms with Crippen LogP contribution in [0.2, 0.25) is 0 Å². The van der Waals surface area contributed by atoms with E-state index in [-0.39, 0.29) is 28.7 Å². The molecule has 1 saturated heterocycles. The predicted molar refractivity (Wildman–Crippen MR) is 116 cm³/mol. The Kier molecular flexibility index (Phi) is 10.1. The lowest BCUT2D eigenvalue weighted by Gasteiger charge is -2.21. The summed E-state index contributed by atoms with van der Waals surface area (Å²) < 4.78 is 0.269. The monoisotopic (exact) mass is 463 g/mol. The van der Waals surface area contributed by atoms with Gasteiger partial charge in [-0.1, -0.05) is 30.3 Å². The minimum atomic E-state index is -0.419. The Balaban J connectivity index is 0.00000288. The highest BCUT2D eigenvalue weighted by Crippen LogP contribution is 2.37. The van der Waals surface area contributed by atoms with Gasteiger partial charge in [0.2, 0.25) is 0 Å². The van der Waals surface area contributed by atoms with Crippen LogP contribution in [-0.2, 0) is 6.42 Å². The molecule has 1 aliphatic rings. The largest absolute Gasteiger partial charge is 0.391 e. The first kappa shape index (κ1) is 21.6. The van der Waals surface area contributed by atoms with Crippen molar-refractivity contribution in [2.45, 2.75) is 44.0 Å². The molecule has 1 heterocycles. The van der Waals surface area contributed by atoms with Crippen LogP contribution in [-0.4, -0.2) is 47.3 Å². The molecule has 136 valence electrons. The average Bonchev–Trinajstić information content (AvgIpc) is 2.98. The Labute approximate surface area is 167 Å². The van der Waals surface area contributed by atoms with Crippen molar-refractivity contribution in [3.63, 3.8) is 0 Å². The first-order chi connectivity index (χ1) is 11.1. The number of rotatable bonds is 7. The van der Waals surface area contributed by atoms with E-state index in [0.29, 0.717) is 13.0 Å². The summed E-state index contributed by atoms with van der Waals surface area (Å²) in [6.07, 6.45) is 2.76. The standard InChI is InChI=1S/C18H29N3OS.HI/c1-3-19-17(21-14-18(2)10-7-11-23-18)20-13-16(22)12-15-8-5-4-6-9-15;/h4-6,8-9,16,22H,3,7,10-14H2,1-2H3,(H2,19,20,21);1H. The number of benzene rings is 1. The molecule has 0 bridgehead atoms. The molecule has 2 unspecified atom stereocenters. The Morgan fingerprint density at radius 1 is 1.33 bits per heavy atom. The van der Waals surface area contributed by atoms with E-state index in [1.54, 1.807) is 0 Å². The third-order valence-electron chi connectivity index (χ3n) is 4.04. The Morgan fingerprint density at radius 2 is 2.08 bits per heavy atom. The lowest BCUT2D eigenvalue weighted by molar-refractivity contribution is 0.177. The van der Waals surface area contributed by atoms with E-state index in [0.717, 1.165) is 24.6 Å². The third kappa shape index (κ3) is 7.61. The van der Waals surface area contributed by atoms with Gasteiger partial charge in [0.25, 0.3) is 0 Å². The number of aliphatic imine (C=N–C) groups is 1. The summed E-state index contributed by atoms with van der Waals surface area (Å²) in [5.74, 6) is 2.04. The van der Waals surface area contributed by atoms with Crippen LogP contribution < -0.4 is 10.6 Å². The molecule has 6 heteroatoms. The minimum Gasteiger partial charge on any atom is -0.391 e.